The number of rotatable bonds is 7. The highest BCUT2D eigenvalue weighted by Gasteiger charge is 2.36. The monoisotopic (exact) mass is 256 g/mol. The van der Waals surface area contributed by atoms with Crippen LogP contribution < -0.4 is 5.32 Å². The van der Waals surface area contributed by atoms with Gasteiger partial charge >= 0.3 is 0 Å². The molecule has 0 saturated heterocycles. The van der Waals surface area contributed by atoms with Gasteiger partial charge in [-0.3, -0.25) is 0 Å². The molecule has 3 heteroatoms. The molecule has 0 heterocycles. The molecule has 0 amide bonds. The standard InChI is InChI=1S/C15H32N2O/c1-13-7-6-9-15(11-13,17(3)4)12-16-14(2)8-10-18-5/h13-14,16H,6-12H2,1-5H3. The summed E-state index contributed by atoms with van der Waals surface area (Å²) in [5.41, 5.74) is 0.360. The second-order valence-corrected chi connectivity index (χ2v) is 6.38. The van der Waals surface area contributed by atoms with Crippen molar-refractivity contribution < 1.29 is 4.74 Å². The molecule has 18 heavy (non-hydrogen) atoms. The molecule has 0 aromatic heterocycles. The van der Waals surface area contributed by atoms with Gasteiger partial charge in [0.1, 0.15) is 0 Å². The van der Waals surface area contributed by atoms with Crippen LogP contribution in [0.5, 0.6) is 0 Å². The van der Waals surface area contributed by atoms with Crippen molar-refractivity contribution in [3.63, 3.8) is 0 Å². The topological polar surface area (TPSA) is 24.5 Å². The lowest BCUT2D eigenvalue weighted by Crippen LogP contribution is -2.55. The summed E-state index contributed by atoms with van der Waals surface area (Å²) in [5, 5.41) is 3.71. The molecular formula is C15H32N2O. The highest BCUT2D eigenvalue weighted by Crippen LogP contribution is 2.35. The summed E-state index contributed by atoms with van der Waals surface area (Å²) in [5.74, 6) is 0.859. The zero-order valence-electron chi connectivity index (χ0n) is 13.0. The molecule has 1 aliphatic rings. The molecule has 1 aliphatic carbocycles. The van der Waals surface area contributed by atoms with E-state index in [4.69, 9.17) is 4.74 Å². The molecule has 1 fully saturated rings. The van der Waals surface area contributed by atoms with Crippen molar-refractivity contribution in [2.75, 3.05) is 34.4 Å². The summed E-state index contributed by atoms with van der Waals surface area (Å²) in [7, 11) is 6.25. The fraction of sp³-hybridized carbons (Fsp3) is 1.00. The maximum Gasteiger partial charge on any atom is 0.0476 e. The lowest BCUT2D eigenvalue weighted by atomic mass is 9.75. The van der Waals surface area contributed by atoms with Crippen LogP contribution in [-0.2, 0) is 4.74 Å². The van der Waals surface area contributed by atoms with Crippen molar-refractivity contribution in [1.82, 2.24) is 10.2 Å². The van der Waals surface area contributed by atoms with Crippen molar-refractivity contribution in [1.29, 1.82) is 0 Å². The van der Waals surface area contributed by atoms with E-state index in [2.05, 4.69) is 38.2 Å². The minimum Gasteiger partial charge on any atom is -0.385 e. The molecule has 0 aliphatic heterocycles. The van der Waals surface area contributed by atoms with Crippen LogP contribution in [-0.4, -0.2) is 50.8 Å². The Morgan fingerprint density at radius 2 is 2.17 bits per heavy atom. The quantitative estimate of drug-likeness (QED) is 0.757. The Bertz CT molecular complexity index is 233. The van der Waals surface area contributed by atoms with Crippen LogP contribution in [0.3, 0.4) is 0 Å². The molecule has 0 aromatic carbocycles. The van der Waals surface area contributed by atoms with Gasteiger partial charge < -0.3 is 15.0 Å². The third-order valence-electron chi connectivity index (χ3n) is 4.55. The fourth-order valence-corrected chi connectivity index (χ4v) is 3.12. The van der Waals surface area contributed by atoms with E-state index in [1.165, 1.54) is 25.7 Å². The van der Waals surface area contributed by atoms with E-state index in [1.54, 1.807) is 7.11 Å². The number of likely N-dealkylation sites (N-methyl/N-ethyl adjacent to an activating group) is 1. The zero-order chi connectivity index (χ0) is 13.6. The van der Waals surface area contributed by atoms with Gasteiger partial charge in [0.15, 0.2) is 0 Å². The van der Waals surface area contributed by atoms with Gasteiger partial charge in [0, 0.05) is 31.8 Å². The van der Waals surface area contributed by atoms with Crippen molar-refractivity contribution in [3.8, 4) is 0 Å². The van der Waals surface area contributed by atoms with E-state index < -0.39 is 0 Å². The van der Waals surface area contributed by atoms with Gasteiger partial charge in [-0.15, -0.1) is 0 Å². The van der Waals surface area contributed by atoms with Gasteiger partial charge in [0.05, 0.1) is 0 Å². The third-order valence-corrected chi connectivity index (χ3v) is 4.55. The second-order valence-electron chi connectivity index (χ2n) is 6.38. The molecular weight excluding hydrogens is 224 g/mol. The summed E-state index contributed by atoms with van der Waals surface area (Å²) in [4.78, 5) is 2.44. The number of nitrogens with one attached hydrogen (secondary N) is 1. The maximum absolute atomic E-state index is 5.14. The van der Waals surface area contributed by atoms with E-state index >= 15 is 0 Å². The molecule has 3 atom stereocenters. The predicted molar refractivity (Wildman–Crippen MR) is 78.0 cm³/mol. The first-order valence-corrected chi connectivity index (χ1v) is 7.40. The van der Waals surface area contributed by atoms with Gasteiger partial charge in [-0.2, -0.15) is 0 Å². The summed E-state index contributed by atoms with van der Waals surface area (Å²) in [6.07, 6.45) is 6.51. The maximum atomic E-state index is 5.14. The molecule has 0 spiro atoms. The molecule has 0 radical (unpaired) electrons. The summed E-state index contributed by atoms with van der Waals surface area (Å²) in [6.45, 7) is 6.61. The van der Waals surface area contributed by atoms with E-state index in [9.17, 15) is 0 Å². The molecule has 1 N–H and O–H groups in total. The average molecular weight is 256 g/mol. The van der Waals surface area contributed by atoms with E-state index in [1.807, 2.05) is 0 Å². The predicted octanol–water partition coefficient (Wildman–Crippen LogP) is 2.51. The molecule has 1 rings (SSSR count). The molecule has 108 valence electrons. The minimum atomic E-state index is 0.360. The summed E-state index contributed by atoms with van der Waals surface area (Å²) in [6, 6.07) is 0.541. The summed E-state index contributed by atoms with van der Waals surface area (Å²) >= 11 is 0. The Labute approximate surface area is 113 Å². The Morgan fingerprint density at radius 1 is 1.44 bits per heavy atom. The molecule has 3 unspecified atom stereocenters. The molecule has 0 aromatic rings. The highest BCUT2D eigenvalue weighted by atomic mass is 16.5. The largest absolute Gasteiger partial charge is 0.385 e. The third kappa shape index (κ3) is 4.52. The van der Waals surface area contributed by atoms with Crippen LogP contribution in [0.2, 0.25) is 0 Å². The SMILES string of the molecule is COCCC(C)NCC1(N(C)C)CCCC(C)C1. The van der Waals surface area contributed by atoms with Crippen LogP contribution in [0, 0.1) is 5.92 Å². The average Bonchev–Trinajstić information content (AvgIpc) is 2.33. The molecule has 1 saturated carbocycles. The number of nitrogens with zero attached hydrogens (tertiary/aromatic N) is 1. The van der Waals surface area contributed by atoms with E-state index in [0.717, 1.165) is 25.5 Å². The van der Waals surface area contributed by atoms with Gasteiger partial charge in [-0.25, -0.2) is 0 Å². The number of ether oxygens (including phenoxy) is 1. The summed E-state index contributed by atoms with van der Waals surface area (Å²) < 4.78 is 5.14. The van der Waals surface area contributed by atoms with E-state index in [0.29, 0.717) is 11.6 Å². The Balaban J connectivity index is 2.47. The van der Waals surface area contributed by atoms with Crippen molar-refractivity contribution >= 4 is 0 Å². The lowest BCUT2D eigenvalue weighted by molar-refractivity contribution is 0.0712. The van der Waals surface area contributed by atoms with Crippen LogP contribution >= 0.6 is 0 Å². The van der Waals surface area contributed by atoms with Crippen LogP contribution in [0.1, 0.15) is 46.0 Å². The zero-order valence-corrected chi connectivity index (χ0v) is 13.0. The van der Waals surface area contributed by atoms with Crippen molar-refractivity contribution in [3.05, 3.63) is 0 Å². The normalized spacial score (nSPS) is 30.7. The Kier molecular flexibility index (Phi) is 6.61. The molecule has 3 nitrogen and oxygen atoms in total. The first-order valence-electron chi connectivity index (χ1n) is 7.40. The number of hydrogen-bond donors (Lipinski definition) is 1. The van der Waals surface area contributed by atoms with Gasteiger partial charge in [-0.1, -0.05) is 19.8 Å². The second kappa shape index (κ2) is 7.46. The first kappa shape index (κ1) is 15.9. The van der Waals surface area contributed by atoms with Crippen LogP contribution in [0.4, 0.5) is 0 Å². The van der Waals surface area contributed by atoms with Crippen molar-refractivity contribution in [2.24, 2.45) is 5.92 Å². The minimum absolute atomic E-state index is 0.360. The first-order chi connectivity index (χ1) is 8.50. The smallest absolute Gasteiger partial charge is 0.0476 e. The molecule has 0 bridgehead atoms. The van der Waals surface area contributed by atoms with Crippen molar-refractivity contribution in [2.45, 2.75) is 57.5 Å². The van der Waals surface area contributed by atoms with E-state index in [-0.39, 0.29) is 0 Å². The number of methoxy groups -OCH3 is 1. The van der Waals surface area contributed by atoms with Crippen LogP contribution in [0.25, 0.3) is 0 Å². The van der Waals surface area contributed by atoms with Gasteiger partial charge in [0.2, 0.25) is 0 Å². The van der Waals surface area contributed by atoms with Crippen LogP contribution in [0.15, 0.2) is 0 Å². The lowest BCUT2D eigenvalue weighted by Gasteiger charge is -2.46. The Hall–Kier alpha value is -0.120. The number of hydrogen-bond acceptors (Lipinski definition) is 3. The highest BCUT2D eigenvalue weighted by molar-refractivity contribution is 4.95. The van der Waals surface area contributed by atoms with Gasteiger partial charge in [0.25, 0.3) is 0 Å². The fourth-order valence-electron chi connectivity index (χ4n) is 3.12. The van der Waals surface area contributed by atoms with Gasteiger partial charge in [-0.05, 0) is 46.2 Å². The Morgan fingerprint density at radius 3 is 2.72 bits per heavy atom.